The molecular weight excluding hydrogens is 274 g/mol. The van der Waals surface area contributed by atoms with Gasteiger partial charge in [-0.25, -0.2) is 0 Å². The van der Waals surface area contributed by atoms with Crippen LogP contribution in [0.15, 0.2) is 24.3 Å². The van der Waals surface area contributed by atoms with Crippen molar-refractivity contribution in [3.8, 4) is 5.75 Å². The lowest BCUT2D eigenvalue weighted by molar-refractivity contribution is -0.137. The number of carbonyl (C=O) groups is 2. The number of aliphatic hydroxyl groups is 1. The molecule has 2 N–H and O–H groups in total. The first-order valence-electron chi connectivity index (χ1n) is 6.81. The number of carboxylic acids is 1. The Hall–Kier alpha value is -2.08. The van der Waals surface area contributed by atoms with E-state index in [0.29, 0.717) is 17.7 Å². The summed E-state index contributed by atoms with van der Waals surface area (Å²) in [7, 11) is 1.51. The monoisotopic (exact) mass is 295 g/mol. The minimum atomic E-state index is -0.980. The second-order valence-electron chi connectivity index (χ2n) is 4.62. The molecule has 0 saturated carbocycles. The first kappa shape index (κ1) is 17.0. The van der Waals surface area contributed by atoms with Crippen LogP contribution in [0.25, 0.3) is 0 Å². The Morgan fingerprint density at radius 3 is 2.62 bits per heavy atom. The third kappa shape index (κ3) is 4.75. The summed E-state index contributed by atoms with van der Waals surface area (Å²) in [6.07, 6.45) is 0.387. The van der Waals surface area contributed by atoms with Crippen molar-refractivity contribution >= 4 is 11.9 Å². The van der Waals surface area contributed by atoms with Crippen LogP contribution in [0.1, 0.15) is 30.1 Å². The molecule has 1 unspecified atom stereocenters. The highest BCUT2D eigenvalue weighted by molar-refractivity contribution is 5.95. The van der Waals surface area contributed by atoms with Crippen LogP contribution in [-0.4, -0.2) is 53.3 Å². The summed E-state index contributed by atoms with van der Waals surface area (Å²) in [4.78, 5) is 24.7. The van der Waals surface area contributed by atoms with Crippen molar-refractivity contribution in [2.24, 2.45) is 0 Å². The average Bonchev–Trinajstić information content (AvgIpc) is 2.50. The molecule has 1 amide bonds. The summed E-state index contributed by atoms with van der Waals surface area (Å²) in [6, 6.07) is 6.26. The van der Waals surface area contributed by atoms with Gasteiger partial charge in [-0.3, -0.25) is 9.59 Å². The lowest BCUT2D eigenvalue weighted by Gasteiger charge is -2.29. The molecule has 116 valence electrons. The van der Waals surface area contributed by atoms with Crippen LogP contribution < -0.4 is 4.74 Å². The summed E-state index contributed by atoms with van der Waals surface area (Å²) in [5.41, 5.74) is 0.409. The number of benzene rings is 1. The van der Waals surface area contributed by atoms with Crippen LogP contribution in [-0.2, 0) is 4.79 Å². The van der Waals surface area contributed by atoms with E-state index in [1.54, 1.807) is 24.3 Å². The Kier molecular flexibility index (Phi) is 6.68. The molecule has 1 atom stereocenters. The summed E-state index contributed by atoms with van der Waals surface area (Å²) in [6.45, 7) is 1.70. The van der Waals surface area contributed by atoms with E-state index in [2.05, 4.69) is 0 Å². The molecule has 0 radical (unpaired) electrons. The molecule has 1 aromatic rings. The molecule has 21 heavy (non-hydrogen) atoms. The fraction of sp³-hybridized carbons (Fsp3) is 0.467. The van der Waals surface area contributed by atoms with Crippen LogP contribution in [0.5, 0.6) is 5.75 Å². The fourth-order valence-electron chi connectivity index (χ4n) is 2.04. The zero-order valence-electron chi connectivity index (χ0n) is 12.3. The zero-order chi connectivity index (χ0) is 15.8. The minimum absolute atomic E-state index is 0.0600. The van der Waals surface area contributed by atoms with E-state index in [1.165, 1.54) is 12.0 Å². The molecule has 0 aliphatic heterocycles. The number of amides is 1. The third-order valence-corrected chi connectivity index (χ3v) is 3.27. The molecule has 1 aromatic carbocycles. The standard InChI is InChI=1S/C15H21NO5/c1-3-12(10-17)16(8-7-14(18)19)15(20)11-5-4-6-13(9-11)21-2/h4-6,9,12,17H,3,7-8,10H2,1-2H3,(H,18,19). The first-order chi connectivity index (χ1) is 10.0. The predicted molar refractivity (Wildman–Crippen MR) is 77.4 cm³/mol. The second kappa shape index (κ2) is 8.26. The number of nitrogens with zero attached hydrogens (tertiary/aromatic N) is 1. The van der Waals surface area contributed by atoms with E-state index in [4.69, 9.17) is 9.84 Å². The molecule has 0 saturated heterocycles. The van der Waals surface area contributed by atoms with Gasteiger partial charge in [-0.15, -0.1) is 0 Å². The van der Waals surface area contributed by atoms with Gasteiger partial charge in [0.05, 0.1) is 26.2 Å². The van der Waals surface area contributed by atoms with E-state index in [9.17, 15) is 14.7 Å². The molecule has 0 aliphatic carbocycles. The zero-order valence-corrected chi connectivity index (χ0v) is 12.3. The maximum absolute atomic E-state index is 12.6. The quantitative estimate of drug-likeness (QED) is 0.756. The van der Waals surface area contributed by atoms with Crippen LogP contribution >= 0.6 is 0 Å². The van der Waals surface area contributed by atoms with E-state index < -0.39 is 12.0 Å². The van der Waals surface area contributed by atoms with E-state index in [1.807, 2.05) is 6.92 Å². The van der Waals surface area contributed by atoms with Crippen molar-refractivity contribution in [1.29, 1.82) is 0 Å². The van der Waals surface area contributed by atoms with Gasteiger partial charge in [0.15, 0.2) is 0 Å². The number of carbonyl (C=O) groups excluding carboxylic acids is 1. The number of rotatable bonds is 8. The third-order valence-electron chi connectivity index (χ3n) is 3.27. The topological polar surface area (TPSA) is 87.1 Å². The van der Waals surface area contributed by atoms with Gasteiger partial charge in [0.1, 0.15) is 5.75 Å². The Labute approximate surface area is 124 Å². The molecule has 0 spiro atoms. The summed E-state index contributed by atoms with van der Waals surface area (Å²) in [5, 5.41) is 18.2. The molecule has 0 heterocycles. The summed E-state index contributed by atoms with van der Waals surface area (Å²) in [5.74, 6) is -0.738. The van der Waals surface area contributed by atoms with Crippen molar-refractivity contribution in [1.82, 2.24) is 4.90 Å². The smallest absolute Gasteiger partial charge is 0.305 e. The van der Waals surface area contributed by atoms with Gasteiger partial charge in [-0.2, -0.15) is 0 Å². The number of ether oxygens (including phenoxy) is 1. The van der Waals surface area contributed by atoms with Gasteiger partial charge in [-0.05, 0) is 24.6 Å². The van der Waals surface area contributed by atoms with E-state index >= 15 is 0 Å². The van der Waals surface area contributed by atoms with Crippen molar-refractivity contribution in [3.05, 3.63) is 29.8 Å². The summed E-state index contributed by atoms with van der Waals surface area (Å²) < 4.78 is 5.08. The van der Waals surface area contributed by atoms with Crippen molar-refractivity contribution < 1.29 is 24.5 Å². The Morgan fingerprint density at radius 1 is 1.38 bits per heavy atom. The van der Waals surface area contributed by atoms with Crippen molar-refractivity contribution in [2.45, 2.75) is 25.8 Å². The Morgan fingerprint density at radius 2 is 2.10 bits per heavy atom. The van der Waals surface area contributed by atoms with Gasteiger partial charge < -0.3 is 19.8 Å². The molecule has 0 aliphatic rings. The number of hydrogen-bond donors (Lipinski definition) is 2. The number of carboxylic acid groups (broad SMARTS) is 1. The van der Waals surface area contributed by atoms with Crippen molar-refractivity contribution in [2.75, 3.05) is 20.3 Å². The number of hydrogen-bond acceptors (Lipinski definition) is 4. The molecule has 0 bridgehead atoms. The predicted octanol–water partition coefficient (Wildman–Crippen LogP) is 1.38. The maximum Gasteiger partial charge on any atom is 0.305 e. The lowest BCUT2D eigenvalue weighted by Crippen LogP contribution is -2.43. The fourth-order valence-corrected chi connectivity index (χ4v) is 2.04. The minimum Gasteiger partial charge on any atom is -0.497 e. The van der Waals surface area contributed by atoms with E-state index in [-0.39, 0.29) is 25.5 Å². The van der Waals surface area contributed by atoms with Crippen LogP contribution in [0, 0.1) is 0 Å². The van der Waals surface area contributed by atoms with Crippen LogP contribution in [0.3, 0.4) is 0 Å². The van der Waals surface area contributed by atoms with Crippen LogP contribution in [0.4, 0.5) is 0 Å². The molecule has 0 fully saturated rings. The lowest BCUT2D eigenvalue weighted by atomic mass is 10.1. The largest absolute Gasteiger partial charge is 0.497 e. The van der Waals surface area contributed by atoms with Gasteiger partial charge in [0.2, 0.25) is 0 Å². The molecule has 0 aromatic heterocycles. The normalized spacial score (nSPS) is 11.8. The first-order valence-corrected chi connectivity index (χ1v) is 6.81. The number of methoxy groups -OCH3 is 1. The van der Waals surface area contributed by atoms with Gasteiger partial charge in [0.25, 0.3) is 5.91 Å². The Balaban J connectivity index is 2.99. The maximum atomic E-state index is 12.6. The van der Waals surface area contributed by atoms with Gasteiger partial charge in [-0.1, -0.05) is 13.0 Å². The average molecular weight is 295 g/mol. The SMILES string of the molecule is CCC(CO)N(CCC(=O)O)C(=O)c1cccc(OC)c1. The molecule has 6 nitrogen and oxygen atoms in total. The van der Waals surface area contributed by atoms with Crippen molar-refractivity contribution in [3.63, 3.8) is 0 Å². The Bertz CT molecular complexity index is 485. The van der Waals surface area contributed by atoms with Gasteiger partial charge >= 0.3 is 5.97 Å². The second-order valence-corrected chi connectivity index (χ2v) is 4.62. The number of aliphatic carboxylic acids is 1. The molecule has 1 rings (SSSR count). The highest BCUT2D eigenvalue weighted by Crippen LogP contribution is 2.17. The molecular formula is C15H21NO5. The molecule has 6 heteroatoms. The van der Waals surface area contributed by atoms with Gasteiger partial charge in [0, 0.05) is 12.1 Å². The summed E-state index contributed by atoms with van der Waals surface area (Å²) >= 11 is 0. The highest BCUT2D eigenvalue weighted by Gasteiger charge is 2.23. The highest BCUT2D eigenvalue weighted by atomic mass is 16.5. The van der Waals surface area contributed by atoms with E-state index in [0.717, 1.165) is 0 Å². The number of aliphatic hydroxyl groups excluding tert-OH is 1. The van der Waals surface area contributed by atoms with Crippen LogP contribution in [0.2, 0.25) is 0 Å².